The van der Waals surface area contributed by atoms with Gasteiger partial charge in [0, 0.05) is 19.1 Å². The number of carbonyl (C=O) groups is 1. The van der Waals surface area contributed by atoms with Gasteiger partial charge in [-0.1, -0.05) is 26.2 Å². The minimum absolute atomic E-state index is 0.0938. The highest BCUT2D eigenvalue weighted by molar-refractivity contribution is 5.74. The van der Waals surface area contributed by atoms with Crippen molar-refractivity contribution in [3.05, 3.63) is 0 Å². The molecule has 1 aliphatic rings. The van der Waals surface area contributed by atoms with Crippen molar-refractivity contribution in [3.8, 4) is 0 Å². The SMILES string of the molecule is CCCCNC(=O)N(CC)C1CCCCC1CN. The largest absolute Gasteiger partial charge is 0.338 e. The first kappa shape index (κ1) is 15.3. The van der Waals surface area contributed by atoms with Gasteiger partial charge in [-0.2, -0.15) is 0 Å². The van der Waals surface area contributed by atoms with Crippen LogP contribution in [0.1, 0.15) is 52.4 Å². The molecule has 0 radical (unpaired) electrons. The second-order valence-corrected chi connectivity index (χ2v) is 5.22. The van der Waals surface area contributed by atoms with Crippen LogP contribution in [-0.2, 0) is 0 Å². The van der Waals surface area contributed by atoms with E-state index in [4.69, 9.17) is 5.73 Å². The summed E-state index contributed by atoms with van der Waals surface area (Å²) >= 11 is 0. The summed E-state index contributed by atoms with van der Waals surface area (Å²) in [6, 6.07) is 0.437. The Morgan fingerprint density at radius 2 is 2.06 bits per heavy atom. The highest BCUT2D eigenvalue weighted by Crippen LogP contribution is 2.27. The molecule has 2 atom stereocenters. The van der Waals surface area contributed by atoms with Crippen molar-refractivity contribution >= 4 is 6.03 Å². The molecular weight excluding hydrogens is 226 g/mol. The van der Waals surface area contributed by atoms with E-state index < -0.39 is 0 Å². The Balaban J connectivity index is 2.54. The number of nitrogens with one attached hydrogen (secondary N) is 1. The average molecular weight is 255 g/mol. The van der Waals surface area contributed by atoms with Gasteiger partial charge in [0.15, 0.2) is 0 Å². The molecule has 18 heavy (non-hydrogen) atoms. The molecule has 2 amide bonds. The van der Waals surface area contributed by atoms with Crippen LogP contribution in [0.5, 0.6) is 0 Å². The van der Waals surface area contributed by atoms with Gasteiger partial charge in [0.1, 0.15) is 0 Å². The van der Waals surface area contributed by atoms with Crippen molar-refractivity contribution < 1.29 is 4.79 Å². The molecule has 1 aliphatic carbocycles. The van der Waals surface area contributed by atoms with Crippen molar-refractivity contribution in [3.63, 3.8) is 0 Å². The van der Waals surface area contributed by atoms with E-state index in [1.807, 2.05) is 4.90 Å². The summed E-state index contributed by atoms with van der Waals surface area (Å²) in [6.07, 6.45) is 6.92. The Bertz CT molecular complexity index is 245. The van der Waals surface area contributed by atoms with Crippen LogP contribution in [-0.4, -0.2) is 36.6 Å². The number of nitrogens with zero attached hydrogens (tertiary/aromatic N) is 1. The van der Waals surface area contributed by atoms with Crippen molar-refractivity contribution in [2.45, 2.75) is 58.4 Å². The fraction of sp³-hybridized carbons (Fsp3) is 0.929. The third-order valence-electron chi connectivity index (χ3n) is 3.98. The maximum absolute atomic E-state index is 12.2. The van der Waals surface area contributed by atoms with Crippen LogP contribution in [0.3, 0.4) is 0 Å². The number of hydrogen-bond acceptors (Lipinski definition) is 2. The zero-order chi connectivity index (χ0) is 13.4. The number of rotatable bonds is 6. The molecular formula is C14H29N3O. The van der Waals surface area contributed by atoms with E-state index in [2.05, 4.69) is 19.2 Å². The van der Waals surface area contributed by atoms with Crippen LogP contribution in [0.25, 0.3) is 0 Å². The number of urea groups is 1. The lowest BCUT2D eigenvalue weighted by Crippen LogP contribution is -2.51. The van der Waals surface area contributed by atoms with Gasteiger partial charge in [-0.25, -0.2) is 4.79 Å². The topological polar surface area (TPSA) is 58.4 Å². The van der Waals surface area contributed by atoms with Crippen LogP contribution in [0.2, 0.25) is 0 Å². The summed E-state index contributed by atoms with van der Waals surface area (Å²) in [5.74, 6) is 0.482. The second-order valence-electron chi connectivity index (χ2n) is 5.22. The van der Waals surface area contributed by atoms with Crippen molar-refractivity contribution in [2.75, 3.05) is 19.6 Å². The van der Waals surface area contributed by atoms with Crippen LogP contribution in [0.15, 0.2) is 0 Å². The zero-order valence-electron chi connectivity index (χ0n) is 12.0. The molecule has 0 aromatic heterocycles. The number of nitrogens with two attached hydrogens (primary N) is 1. The Morgan fingerprint density at radius 1 is 1.33 bits per heavy atom. The molecule has 4 nitrogen and oxygen atoms in total. The fourth-order valence-electron chi connectivity index (χ4n) is 2.88. The van der Waals surface area contributed by atoms with Crippen molar-refractivity contribution in [1.82, 2.24) is 10.2 Å². The highest BCUT2D eigenvalue weighted by atomic mass is 16.2. The second kappa shape index (κ2) is 8.35. The molecule has 4 heteroatoms. The van der Waals surface area contributed by atoms with Gasteiger partial charge < -0.3 is 16.0 Å². The first-order valence-corrected chi connectivity index (χ1v) is 7.49. The van der Waals surface area contributed by atoms with E-state index in [0.29, 0.717) is 18.5 Å². The molecule has 0 aromatic carbocycles. The van der Waals surface area contributed by atoms with Crippen LogP contribution >= 0.6 is 0 Å². The van der Waals surface area contributed by atoms with Gasteiger partial charge in [0.25, 0.3) is 0 Å². The van der Waals surface area contributed by atoms with Gasteiger partial charge in [0.05, 0.1) is 0 Å². The van der Waals surface area contributed by atoms with E-state index >= 15 is 0 Å². The normalized spacial score (nSPS) is 23.7. The Morgan fingerprint density at radius 3 is 2.67 bits per heavy atom. The minimum atomic E-state index is 0.0938. The van der Waals surface area contributed by atoms with Gasteiger partial charge in [0.2, 0.25) is 0 Å². The molecule has 0 spiro atoms. The predicted molar refractivity (Wildman–Crippen MR) is 75.5 cm³/mol. The quantitative estimate of drug-likeness (QED) is 0.716. The number of hydrogen-bond donors (Lipinski definition) is 2. The molecule has 0 bridgehead atoms. The lowest BCUT2D eigenvalue weighted by atomic mass is 9.83. The maximum atomic E-state index is 12.2. The van der Waals surface area contributed by atoms with Gasteiger partial charge in [-0.3, -0.25) is 0 Å². The summed E-state index contributed by atoms with van der Waals surface area (Å²) in [6.45, 7) is 6.45. The number of unbranched alkanes of at least 4 members (excludes halogenated alkanes) is 1. The standard InChI is InChI=1S/C14H29N3O/c1-3-5-10-16-14(18)17(4-2)13-9-7-6-8-12(13)11-15/h12-13H,3-11,15H2,1-2H3,(H,16,18). The maximum Gasteiger partial charge on any atom is 0.317 e. The van der Waals surface area contributed by atoms with E-state index in [-0.39, 0.29) is 6.03 Å². The predicted octanol–water partition coefficient (Wildman–Crippen LogP) is 2.34. The number of amides is 2. The molecule has 3 N–H and O–H groups in total. The summed E-state index contributed by atoms with van der Waals surface area (Å²) < 4.78 is 0. The Kier molecular flexibility index (Phi) is 7.09. The molecule has 0 heterocycles. The van der Waals surface area contributed by atoms with E-state index in [1.165, 1.54) is 19.3 Å². The molecule has 1 fully saturated rings. The monoisotopic (exact) mass is 255 g/mol. The van der Waals surface area contributed by atoms with E-state index in [1.54, 1.807) is 0 Å². The average Bonchev–Trinajstić information content (AvgIpc) is 2.40. The van der Waals surface area contributed by atoms with Crippen molar-refractivity contribution in [1.29, 1.82) is 0 Å². The molecule has 1 saturated carbocycles. The lowest BCUT2D eigenvalue weighted by molar-refractivity contribution is 0.126. The lowest BCUT2D eigenvalue weighted by Gasteiger charge is -2.39. The third kappa shape index (κ3) is 4.16. The third-order valence-corrected chi connectivity index (χ3v) is 3.98. The summed E-state index contributed by atoms with van der Waals surface area (Å²) in [5.41, 5.74) is 5.85. The molecule has 0 aromatic rings. The van der Waals surface area contributed by atoms with Gasteiger partial charge in [-0.05, 0) is 38.6 Å². The summed E-state index contributed by atoms with van der Waals surface area (Å²) in [4.78, 5) is 14.2. The fourth-order valence-corrected chi connectivity index (χ4v) is 2.88. The summed E-state index contributed by atoms with van der Waals surface area (Å²) in [7, 11) is 0. The van der Waals surface area contributed by atoms with Crippen LogP contribution in [0, 0.1) is 5.92 Å². The Hall–Kier alpha value is -0.770. The van der Waals surface area contributed by atoms with Gasteiger partial charge in [-0.15, -0.1) is 0 Å². The zero-order valence-corrected chi connectivity index (χ0v) is 12.0. The van der Waals surface area contributed by atoms with E-state index in [9.17, 15) is 4.79 Å². The molecule has 1 rings (SSSR count). The first-order chi connectivity index (χ1) is 8.74. The smallest absolute Gasteiger partial charge is 0.317 e. The van der Waals surface area contributed by atoms with Crippen LogP contribution in [0.4, 0.5) is 4.79 Å². The van der Waals surface area contributed by atoms with Crippen molar-refractivity contribution in [2.24, 2.45) is 11.7 Å². The molecule has 2 unspecified atom stereocenters. The van der Waals surface area contributed by atoms with Gasteiger partial charge >= 0.3 is 6.03 Å². The van der Waals surface area contributed by atoms with E-state index in [0.717, 1.165) is 32.4 Å². The highest BCUT2D eigenvalue weighted by Gasteiger charge is 2.30. The molecule has 106 valence electrons. The molecule has 0 saturated heterocycles. The molecule has 0 aliphatic heterocycles. The van der Waals surface area contributed by atoms with Crippen LogP contribution < -0.4 is 11.1 Å². The minimum Gasteiger partial charge on any atom is -0.338 e. The first-order valence-electron chi connectivity index (χ1n) is 7.49. The summed E-state index contributed by atoms with van der Waals surface area (Å²) in [5, 5.41) is 3.02. The Labute approximate surface area is 111 Å². The number of carbonyl (C=O) groups excluding carboxylic acids is 1.